The average Bonchev–Trinajstić information content (AvgIpc) is 3.21. The first-order valence-electron chi connectivity index (χ1n) is 9.97. The second-order valence-electron chi connectivity index (χ2n) is 7.85. The van der Waals surface area contributed by atoms with Crippen LogP contribution >= 0.6 is 11.3 Å². The maximum absolute atomic E-state index is 13.1. The summed E-state index contributed by atoms with van der Waals surface area (Å²) in [5.74, 6) is 0.362. The molecule has 4 rings (SSSR count). The van der Waals surface area contributed by atoms with E-state index in [4.69, 9.17) is 0 Å². The lowest BCUT2D eigenvalue weighted by Crippen LogP contribution is -2.43. The summed E-state index contributed by atoms with van der Waals surface area (Å²) in [7, 11) is 0. The van der Waals surface area contributed by atoms with Crippen LogP contribution in [0.3, 0.4) is 0 Å². The van der Waals surface area contributed by atoms with Gasteiger partial charge < -0.3 is 14.8 Å². The molecule has 140 valence electrons. The molecule has 5 heteroatoms. The van der Waals surface area contributed by atoms with Gasteiger partial charge in [0.05, 0.1) is 12.6 Å². The van der Waals surface area contributed by atoms with Gasteiger partial charge in [0.25, 0.3) is 0 Å². The minimum Gasteiger partial charge on any atom is -0.338 e. The Morgan fingerprint density at radius 3 is 2.88 bits per heavy atom. The fourth-order valence-electron chi connectivity index (χ4n) is 4.46. The number of thiophene rings is 1. The molecule has 0 unspecified atom stereocenters. The SMILES string of the molecule is CCCNC(=O)N1Cc2c(sc3c2CCCC3)-n2cccc2[C@@H]1C(C)C. The van der Waals surface area contributed by atoms with Crippen LogP contribution in [0.1, 0.15) is 67.8 Å². The van der Waals surface area contributed by atoms with Crippen LogP contribution in [0.25, 0.3) is 5.00 Å². The Kier molecular flexibility index (Phi) is 4.82. The van der Waals surface area contributed by atoms with Gasteiger partial charge in [-0.1, -0.05) is 20.8 Å². The Morgan fingerprint density at radius 2 is 2.12 bits per heavy atom. The topological polar surface area (TPSA) is 37.3 Å². The highest BCUT2D eigenvalue weighted by molar-refractivity contribution is 7.15. The lowest BCUT2D eigenvalue weighted by atomic mass is 9.94. The predicted molar refractivity (Wildman–Crippen MR) is 107 cm³/mol. The second-order valence-corrected chi connectivity index (χ2v) is 8.93. The Labute approximate surface area is 160 Å². The Hall–Kier alpha value is -1.75. The van der Waals surface area contributed by atoms with E-state index in [-0.39, 0.29) is 12.1 Å². The van der Waals surface area contributed by atoms with Gasteiger partial charge in [0.2, 0.25) is 0 Å². The van der Waals surface area contributed by atoms with Gasteiger partial charge in [-0.3, -0.25) is 0 Å². The van der Waals surface area contributed by atoms with E-state index in [1.165, 1.54) is 46.0 Å². The minimum absolute atomic E-state index is 0.0712. The first kappa shape index (κ1) is 17.7. The summed E-state index contributed by atoms with van der Waals surface area (Å²) in [6.07, 6.45) is 8.05. The molecule has 2 aromatic heterocycles. The van der Waals surface area contributed by atoms with Gasteiger partial charge in [0, 0.05) is 28.9 Å². The quantitative estimate of drug-likeness (QED) is 0.805. The average molecular weight is 372 g/mol. The molecule has 3 heterocycles. The molecule has 0 spiro atoms. The molecule has 0 radical (unpaired) electrons. The standard InChI is InChI=1S/C21H29N3OS/c1-4-11-22-21(25)24-13-16-15-8-5-6-10-18(15)26-20(16)23-12-7-9-17(23)19(24)14(2)3/h7,9,12,14,19H,4-6,8,10-11,13H2,1-3H3,(H,22,25)/t19-/m0/s1. The molecular weight excluding hydrogens is 342 g/mol. The van der Waals surface area contributed by atoms with Gasteiger partial charge in [0.1, 0.15) is 5.00 Å². The number of hydrogen-bond donors (Lipinski definition) is 1. The third-order valence-electron chi connectivity index (χ3n) is 5.64. The van der Waals surface area contributed by atoms with Crippen molar-refractivity contribution < 1.29 is 4.79 Å². The highest BCUT2D eigenvalue weighted by atomic mass is 32.1. The fourth-order valence-corrected chi connectivity index (χ4v) is 5.86. The number of urea groups is 1. The number of carbonyl (C=O) groups is 1. The Morgan fingerprint density at radius 1 is 1.31 bits per heavy atom. The van der Waals surface area contributed by atoms with Crippen LogP contribution in [-0.2, 0) is 19.4 Å². The van der Waals surface area contributed by atoms with Gasteiger partial charge in [-0.2, -0.15) is 0 Å². The summed E-state index contributed by atoms with van der Waals surface area (Å²) in [4.78, 5) is 16.7. The van der Waals surface area contributed by atoms with Crippen molar-refractivity contribution in [3.63, 3.8) is 0 Å². The van der Waals surface area contributed by atoms with Gasteiger partial charge in [-0.25, -0.2) is 4.79 Å². The van der Waals surface area contributed by atoms with E-state index in [2.05, 4.69) is 53.9 Å². The largest absolute Gasteiger partial charge is 0.338 e. The molecule has 2 amide bonds. The lowest BCUT2D eigenvalue weighted by Gasteiger charge is -2.33. The summed E-state index contributed by atoms with van der Waals surface area (Å²) >= 11 is 1.95. The van der Waals surface area contributed by atoms with Gasteiger partial charge >= 0.3 is 6.03 Å². The zero-order valence-corrected chi connectivity index (χ0v) is 16.9. The van der Waals surface area contributed by atoms with Crippen LogP contribution in [0.15, 0.2) is 18.3 Å². The molecule has 0 bridgehead atoms. The van der Waals surface area contributed by atoms with Crippen molar-refractivity contribution in [2.45, 2.75) is 65.5 Å². The van der Waals surface area contributed by atoms with E-state index in [1.54, 1.807) is 0 Å². The number of nitrogens with zero attached hydrogens (tertiary/aromatic N) is 2. The van der Waals surface area contributed by atoms with Crippen molar-refractivity contribution in [2.75, 3.05) is 6.54 Å². The van der Waals surface area contributed by atoms with Gasteiger partial charge in [0.15, 0.2) is 0 Å². The van der Waals surface area contributed by atoms with E-state index in [0.717, 1.165) is 25.9 Å². The van der Waals surface area contributed by atoms with Crippen LogP contribution in [0, 0.1) is 5.92 Å². The van der Waals surface area contributed by atoms with Crippen LogP contribution in [0.5, 0.6) is 0 Å². The molecule has 26 heavy (non-hydrogen) atoms. The second kappa shape index (κ2) is 7.10. The predicted octanol–water partition coefficient (Wildman–Crippen LogP) is 5.05. The number of amides is 2. The smallest absolute Gasteiger partial charge is 0.318 e. The monoisotopic (exact) mass is 371 g/mol. The van der Waals surface area contributed by atoms with Crippen molar-refractivity contribution in [3.05, 3.63) is 40.0 Å². The molecule has 1 aliphatic heterocycles. The van der Waals surface area contributed by atoms with E-state index >= 15 is 0 Å². The summed E-state index contributed by atoms with van der Waals surface area (Å²) < 4.78 is 2.36. The summed E-state index contributed by atoms with van der Waals surface area (Å²) in [5.41, 5.74) is 4.15. The molecular formula is C21H29N3OS. The van der Waals surface area contributed by atoms with Crippen LogP contribution < -0.4 is 5.32 Å². The van der Waals surface area contributed by atoms with Crippen LogP contribution in [0.4, 0.5) is 4.79 Å². The van der Waals surface area contributed by atoms with E-state index in [1.807, 2.05) is 11.3 Å². The first-order chi connectivity index (χ1) is 12.6. The van der Waals surface area contributed by atoms with Crippen LogP contribution in [-0.4, -0.2) is 22.0 Å². The van der Waals surface area contributed by atoms with Crippen molar-refractivity contribution in [3.8, 4) is 5.00 Å². The number of hydrogen-bond acceptors (Lipinski definition) is 2. The van der Waals surface area contributed by atoms with Crippen molar-refractivity contribution in [1.82, 2.24) is 14.8 Å². The molecule has 2 aliphatic rings. The number of carbonyl (C=O) groups excluding carboxylic acids is 1. The first-order valence-corrected chi connectivity index (χ1v) is 10.8. The molecule has 1 aliphatic carbocycles. The Balaban J connectivity index is 1.84. The molecule has 0 saturated carbocycles. The highest BCUT2D eigenvalue weighted by Crippen LogP contribution is 2.43. The molecule has 1 N–H and O–H groups in total. The molecule has 0 aromatic carbocycles. The normalized spacial score (nSPS) is 18.9. The van der Waals surface area contributed by atoms with Crippen molar-refractivity contribution in [2.24, 2.45) is 5.92 Å². The molecule has 1 atom stereocenters. The number of nitrogens with one attached hydrogen (secondary N) is 1. The van der Waals surface area contributed by atoms with E-state index < -0.39 is 0 Å². The third kappa shape index (κ3) is 2.86. The number of rotatable bonds is 3. The maximum atomic E-state index is 13.1. The van der Waals surface area contributed by atoms with E-state index in [0.29, 0.717) is 5.92 Å². The zero-order chi connectivity index (χ0) is 18.3. The van der Waals surface area contributed by atoms with Crippen molar-refractivity contribution >= 4 is 17.4 Å². The molecule has 2 aromatic rings. The summed E-state index contributed by atoms with van der Waals surface area (Å²) in [6, 6.07) is 4.49. The minimum atomic E-state index is 0.0712. The fraction of sp³-hybridized carbons (Fsp3) is 0.571. The van der Waals surface area contributed by atoms with Crippen molar-refractivity contribution in [1.29, 1.82) is 0 Å². The zero-order valence-electron chi connectivity index (χ0n) is 16.0. The van der Waals surface area contributed by atoms with E-state index in [9.17, 15) is 4.79 Å². The number of aromatic nitrogens is 1. The molecule has 0 fully saturated rings. The number of fused-ring (bicyclic) bond motifs is 5. The third-order valence-corrected chi connectivity index (χ3v) is 6.98. The highest BCUT2D eigenvalue weighted by Gasteiger charge is 2.36. The van der Waals surface area contributed by atoms with Gasteiger partial charge in [-0.15, -0.1) is 11.3 Å². The Bertz CT molecular complexity index is 804. The molecule has 0 saturated heterocycles. The summed E-state index contributed by atoms with van der Waals surface area (Å²) in [6.45, 7) is 7.99. The molecule has 4 nitrogen and oxygen atoms in total. The lowest BCUT2D eigenvalue weighted by molar-refractivity contribution is 0.149. The number of aryl methyl sites for hydroxylation is 1. The maximum Gasteiger partial charge on any atom is 0.318 e. The summed E-state index contributed by atoms with van der Waals surface area (Å²) in [5, 5.41) is 4.46. The van der Waals surface area contributed by atoms with Crippen LogP contribution in [0.2, 0.25) is 0 Å². The van der Waals surface area contributed by atoms with Gasteiger partial charge in [-0.05, 0) is 55.7 Å².